The van der Waals surface area contributed by atoms with Gasteiger partial charge >= 0.3 is 11.9 Å². The second-order valence-corrected chi connectivity index (χ2v) is 7.34. The van der Waals surface area contributed by atoms with Gasteiger partial charge in [0, 0.05) is 24.8 Å². The van der Waals surface area contributed by atoms with Crippen LogP contribution in [0.3, 0.4) is 0 Å². The van der Waals surface area contributed by atoms with Crippen molar-refractivity contribution in [1.82, 2.24) is 4.98 Å². The molecule has 1 atom stereocenters. The minimum atomic E-state index is -2.03. The third kappa shape index (κ3) is 4.31. The van der Waals surface area contributed by atoms with Gasteiger partial charge in [-0.25, -0.2) is 4.79 Å². The van der Waals surface area contributed by atoms with Crippen LogP contribution < -0.4 is 0 Å². The summed E-state index contributed by atoms with van der Waals surface area (Å²) in [6.07, 6.45) is 5.74. The Morgan fingerprint density at radius 3 is 2.56 bits per heavy atom. The highest BCUT2D eigenvalue weighted by atomic mass is 16.6. The number of hydrogen-bond acceptors (Lipinski definition) is 9. The van der Waals surface area contributed by atoms with Crippen LogP contribution in [0.15, 0.2) is 36.2 Å². The summed E-state index contributed by atoms with van der Waals surface area (Å²) in [6, 6.07) is 3.78. The average molecular weight is 439 g/mol. The number of nitrogens with zero attached hydrogens (tertiary/aromatic N) is 1. The van der Waals surface area contributed by atoms with Crippen LogP contribution in [0.25, 0.3) is 12.2 Å². The van der Waals surface area contributed by atoms with Crippen LogP contribution in [-0.4, -0.2) is 50.2 Å². The van der Waals surface area contributed by atoms with Crippen LogP contribution in [0.4, 0.5) is 0 Å². The maximum atomic E-state index is 13.1. The van der Waals surface area contributed by atoms with E-state index in [9.17, 15) is 29.7 Å². The molecule has 0 bridgehead atoms. The predicted molar refractivity (Wildman–Crippen MR) is 113 cm³/mol. The van der Waals surface area contributed by atoms with Crippen LogP contribution >= 0.6 is 0 Å². The summed E-state index contributed by atoms with van der Waals surface area (Å²) in [6.45, 7) is 4.07. The topological polar surface area (TPSA) is 143 Å². The molecule has 1 heterocycles. The van der Waals surface area contributed by atoms with Gasteiger partial charge in [0.05, 0.1) is 5.69 Å². The number of phenolic OH excluding ortho intramolecular Hbond substituents is 2. The smallest absolute Gasteiger partial charge is 0.343 e. The van der Waals surface area contributed by atoms with E-state index in [2.05, 4.69) is 4.98 Å². The van der Waals surface area contributed by atoms with E-state index in [1.165, 1.54) is 39.1 Å². The van der Waals surface area contributed by atoms with Crippen molar-refractivity contribution >= 4 is 29.9 Å². The molecule has 2 aromatic rings. The van der Waals surface area contributed by atoms with Gasteiger partial charge in [0.1, 0.15) is 29.4 Å². The van der Waals surface area contributed by atoms with Crippen LogP contribution in [0.2, 0.25) is 0 Å². The quantitative estimate of drug-likeness (QED) is 0.599. The first-order valence-corrected chi connectivity index (χ1v) is 9.54. The standard InChI is InChI=1S/C23H21NO8/c1-12-7-16(26)10-18(27)20(12)22(30)32-23(3)19(28)9-14-8-15(5-4-6-31-13(2)25)24-11-17(14)21(23)29/h4-5,7-11,26-28H,6H2,1-3H3/b5-4+/t23-/m1/s1. The zero-order chi connectivity index (χ0) is 23.6. The zero-order valence-corrected chi connectivity index (χ0v) is 17.6. The number of rotatable bonds is 5. The molecule has 0 spiro atoms. The Morgan fingerprint density at radius 2 is 1.91 bits per heavy atom. The van der Waals surface area contributed by atoms with Crippen LogP contribution in [-0.2, 0) is 14.3 Å². The number of pyridine rings is 1. The fourth-order valence-corrected chi connectivity index (χ4v) is 3.23. The third-order valence-electron chi connectivity index (χ3n) is 4.89. The van der Waals surface area contributed by atoms with Crippen LogP contribution in [0, 0.1) is 6.92 Å². The van der Waals surface area contributed by atoms with Crippen molar-refractivity contribution in [3.63, 3.8) is 0 Å². The Kier molecular flexibility index (Phi) is 6.02. The molecule has 1 aliphatic carbocycles. The largest absolute Gasteiger partial charge is 0.508 e. The molecular formula is C23H21NO8. The Hall–Kier alpha value is -4.14. The number of esters is 2. The molecule has 0 fully saturated rings. The van der Waals surface area contributed by atoms with Gasteiger partial charge in [-0.1, -0.05) is 0 Å². The molecule has 0 amide bonds. The number of aliphatic hydroxyl groups excluding tert-OH is 1. The normalized spacial score (nSPS) is 17.6. The van der Waals surface area contributed by atoms with Gasteiger partial charge in [-0.15, -0.1) is 0 Å². The first-order chi connectivity index (χ1) is 15.0. The van der Waals surface area contributed by atoms with E-state index in [0.29, 0.717) is 11.3 Å². The maximum absolute atomic E-state index is 13.1. The van der Waals surface area contributed by atoms with E-state index < -0.39 is 34.8 Å². The molecule has 9 nitrogen and oxygen atoms in total. The van der Waals surface area contributed by atoms with Gasteiger partial charge in [0.25, 0.3) is 0 Å². The van der Waals surface area contributed by atoms with Crippen molar-refractivity contribution in [2.45, 2.75) is 26.4 Å². The second kappa shape index (κ2) is 8.54. The first kappa shape index (κ1) is 22.5. The molecule has 1 aliphatic rings. The fourth-order valence-electron chi connectivity index (χ4n) is 3.23. The SMILES string of the molecule is CC(=O)OC/C=C/c1cc2c(cn1)C(=O)[C@](C)(OC(=O)c1c(C)cc(O)cc1O)C(O)=C2. The van der Waals surface area contributed by atoms with Gasteiger partial charge in [0.2, 0.25) is 11.4 Å². The molecule has 0 aliphatic heterocycles. The third-order valence-corrected chi connectivity index (χ3v) is 4.89. The van der Waals surface area contributed by atoms with Gasteiger partial charge in [-0.05, 0) is 55.3 Å². The molecule has 166 valence electrons. The van der Waals surface area contributed by atoms with E-state index in [1.807, 2.05) is 0 Å². The zero-order valence-electron chi connectivity index (χ0n) is 17.6. The molecule has 3 rings (SSSR count). The molecule has 0 unspecified atom stereocenters. The monoisotopic (exact) mass is 439 g/mol. The molecule has 1 aromatic heterocycles. The fraction of sp³-hybridized carbons (Fsp3) is 0.217. The highest BCUT2D eigenvalue weighted by molar-refractivity contribution is 6.11. The highest BCUT2D eigenvalue weighted by Crippen LogP contribution is 2.36. The van der Waals surface area contributed by atoms with Crippen molar-refractivity contribution < 1.29 is 39.2 Å². The number of Topliss-reactive ketones (excluding diaryl/α,β-unsaturated/α-hetero) is 1. The van der Waals surface area contributed by atoms with E-state index >= 15 is 0 Å². The number of hydrogen-bond donors (Lipinski definition) is 3. The number of benzene rings is 1. The lowest BCUT2D eigenvalue weighted by molar-refractivity contribution is -0.139. The van der Waals surface area contributed by atoms with Crippen molar-refractivity contribution in [3.05, 3.63) is 64.2 Å². The Bertz CT molecular complexity index is 1160. The average Bonchev–Trinajstić information content (AvgIpc) is 2.69. The van der Waals surface area contributed by atoms with Crippen LogP contribution in [0.5, 0.6) is 11.5 Å². The Labute approximate surface area is 183 Å². The van der Waals surface area contributed by atoms with E-state index in [-0.39, 0.29) is 29.0 Å². The molecular weight excluding hydrogens is 418 g/mol. The number of aromatic hydroxyl groups is 2. The lowest BCUT2D eigenvalue weighted by atomic mass is 9.84. The van der Waals surface area contributed by atoms with Crippen molar-refractivity contribution in [2.75, 3.05) is 6.61 Å². The van der Waals surface area contributed by atoms with E-state index in [4.69, 9.17) is 9.47 Å². The van der Waals surface area contributed by atoms with Crippen molar-refractivity contribution in [1.29, 1.82) is 0 Å². The number of carbonyl (C=O) groups is 3. The highest BCUT2D eigenvalue weighted by Gasteiger charge is 2.46. The molecule has 1 aromatic carbocycles. The van der Waals surface area contributed by atoms with Gasteiger partial charge < -0.3 is 24.8 Å². The van der Waals surface area contributed by atoms with Crippen LogP contribution in [0.1, 0.15) is 51.4 Å². The Balaban J connectivity index is 1.88. The molecule has 3 N–H and O–H groups in total. The van der Waals surface area contributed by atoms with Gasteiger partial charge in [0.15, 0.2) is 0 Å². The number of ketones is 1. The number of aromatic nitrogens is 1. The van der Waals surface area contributed by atoms with E-state index in [0.717, 1.165) is 6.07 Å². The summed E-state index contributed by atoms with van der Waals surface area (Å²) >= 11 is 0. The predicted octanol–water partition coefficient (Wildman–Crippen LogP) is 3.09. The summed E-state index contributed by atoms with van der Waals surface area (Å²) in [5, 5.41) is 30.1. The van der Waals surface area contributed by atoms with Gasteiger partial charge in [-0.3, -0.25) is 14.6 Å². The number of aliphatic hydroxyl groups is 1. The Morgan fingerprint density at radius 1 is 1.19 bits per heavy atom. The number of fused-ring (bicyclic) bond motifs is 1. The van der Waals surface area contributed by atoms with E-state index in [1.54, 1.807) is 18.2 Å². The molecule has 9 heteroatoms. The lowest BCUT2D eigenvalue weighted by Crippen LogP contribution is -2.44. The second-order valence-electron chi connectivity index (χ2n) is 7.34. The minimum Gasteiger partial charge on any atom is -0.508 e. The first-order valence-electron chi connectivity index (χ1n) is 9.54. The summed E-state index contributed by atoms with van der Waals surface area (Å²) in [7, 11) is 0. The summed E-state index contributed by atoms with van der Waals surface area (Å²) in [5.74, 6) is -3.42. The van der Waals surface area contributed by atoms with Crippen molar-refractivity contribution in [3.8, 4) is 11.5 Å². The molecule has 32 heavy (non-hydrogen) atoms. The summed E-state index contributed by atoms with van der Waals surface area (Å²) in [5.41, 5.74) is -1.08. The summed E-state index contributed by atoms with van der Waals surface area (Å²) < 4.78 is 10.1. The molecule has 0 radical (unpaired) electrons. The van der Waals surface area contributed by atoms with Gasteiger partial charge in [-0.2, -0.15) is 0 Å². The van der Waals surface area contributed by atoms with Crippen molar-refractivity contribution in [2.24, 2.45) is 0 Å². The number of ether oxygens (including phenoxy) is 2. The molecule has 0 saturated carbocycles. The minimum absolute atomic E-state index is 0.0612. The number of phenols is 2. The lowest BCUT2D eigenvalue weighted by Gasteiger charge is -2.31. The maximum Gasteiger partial charge on any atom is 0.343 e. The summed E-state index contributed by atoms with van der Waals surface area (Å²) in [4.78, 5) is 40.7. The number of carbonyl (C=O) groups excluding carboxylic acids is 3. The molecule has 0 saturated heterocycles. The number of aryl methyl sites for hydroxylation is 1.